The molecule has 4 rings (SSSR count). The number of aromatic amines is 2. The Bertz CT molecular complexity index is 959. The molecule has 4 N–H and O–H groups in total. The summed E-state index contributed by atoms with van der Waals surface area (Å²) in [5.74, 6) is 0.452. The maximum Gasteiger partial charge on any atom is 0.201 e. The highest BCUT2D eigenvalue weighted by atomic mass is 19.1. The minimum atomic E-state index is -0.234. The number of hydrogen-bond acceptors (Lipinski definition) is 4. The summed E-state index contributed by atoms with van der Waals surface area (Å²) in [6.07, 6.45) is 3.45. The average Bonchev–Trinajstić information content (AvgIpc) is 3.28. The number of rotatable bonds is 6. The van der Waals surface area contributed by atoms with Crippen molar-refractivity contribution in [1.29, 1.82) is 0 Å². The zero-order valence-corrected chi connectivity index (χ0v) is 13.4. The Morgan fingerprint density at radius 2 is 1.88 bits per heavy atom. The first-order valence-corrected chi connectivity index (χ1v) is 7.95. The minimum absolute atomic E-state index is 0.234. The number of aromatic nitrogens is 4. The number of H-pyrrole nitrogens is 2. The first-order chi connectivity index (χ1) is 12.3. The molecule has 6 nitrogen and oxygen atoms in total. The summed E-state index contributed by atoms with van der Waals surface area (Å²) in [5, 5.41) is 6.56. The summed E-state index contributed by atoms with van der Waals surface area (Å²) in [7, 11) is 0. The maximum atomic E-state index is 12.9. The van der Waals surface area contributed by atoms with Crippen molar-refractivity contribution in [3.05, 3.63) is 72.1 Å². The van der Waals surface area contributed by atoms with E-state index in [4.69, 9.17) is 0 Å². The van der Waals surface area contributed by atoms with E-state index in [1.165, 1.54) is 12.1 Å². The highest BCUT2D eigenvalue weighted by Gasteiger charge is 2.04. The lowest BCUT2D eigenvalue weighted by atomic mass is 10.2. The Kier molecular flexibility index (Phi) is 4.04. The molecule has 0 fully saturated rings. The quantitative estimate of drug-likeness (QED) is 0.433. The molecular formula is C18H17FN6. The number of nitrogens with one attached hydrogen (secondary N) is 4. The molecule has 0 saturated carbocycles. The Hall–Kier alpha value is -3.35. The Morgan fingerprint density at radius 1 is 1.00 bits per heavy atom. The molecule has 0 aliphatic carbocycles. The fourth-order valence-electron chi connectivity index (χ4n) is 2.57. The third kappa shape index (κ3) is 3.60. The van der Waals surface area contributed by atoms with Crippen LogP contribution in [0.25, 0.3) is 11.0 Å². The van der Waals surface area contributed by atoms with Gasteiger partial charge < -0.3 is 20.6 Å². The van der Waals surface area contributed by atoms with Gasteiger partial charge in [0.1, 0.15) is 5.82 Å². The van der Waals surface area contributed by atoms with Crippen LogP contribution >= 0.6 is 0 Å². The standard InChI is InChI=1S/C18H17FN6/c19-13-3-1-12(2-4-13)8-22-18-24-16-6-5-14(7-17(16)25-18)21-10-15-9-20-11-23-15/h1-7,9,11,21H,8,10H2,(H,20,23)(H2,22,24,25). The van der Waals surface area contributed by atoms with E-state index in [1.807, 2.05) is 18.2 Å². The van der Waals surface area contributed by atoms with Crippen LogP contribution in [0.3, 0.4) is 0 Å². The molecule has 0 unspecified atom stereocenters. The van der Waals surface area contributed by atoms with Crippen LogP contribution in [0.5, 0.6) is 0 Å². The molecule has 0 atom stereocenters. The van der Waals surface area contributed by atoms with Gasteiger partial charge in [-0.2, -0.15) is 0 Å². The molecular weight excluding hydrogens is 319 g/mol. The van der Waals surface area contributed by atoms with E-state index in [0.29, 0.717) is 19.0 Å². The number of nitrogens with zero attached hydrogens (tertiary/aromatic N) is 2. The van der Waals surface area contributed by atoms with Crippen molar-refractivity contribution in [3.63, 3.8) is 0 Å². The van der Waals surface area contributed by atoms with Crippen molar-refractivity contribution in [3.8, 4) is 0 Å². The summed E-state index contributed by atoms with van der Waals surface area (Å²) in [6.45, 7) is 1.25. The first-order valence-electron chi connectivity index (χ1n) is 7.95. The number of benzene rings is 2. The van der Waals surface area contributed by atoms with Crippen molar-refractivity contribution in [2.24, 2.45) is 0 Å². The van der Waals surface area contributed by atoms with Gasteiger partial charge >= 0.3 is 0 Å². The van der Waals surface area contributed by atoms with Crippen LogP contribution in [0.4, 0.5) is 16.0 Å². The predicted molar refractivity (Wildman–Crippen MR) is 95.7 cm³/mol. The number of fused-ring (bicyclic) bond motifs is 1. The van der Waals surface area contributed by atoms with Gasteiger partial charge in [-0.1, -0.05) is 12.1 Å². The second-order valence-corrected chi connectivity index (χ2v) is 5.73. The second kappa shape index (κ2) is 6.64. The van der Waals surface area contributed by atoms with Crippen LogP contribution in [0.2, 0.25) is 0 Å². The van der Waals surface area contributed by atoms with Crippen molar-refractivity contribution in [1.82, 2.24) is 19.9 Å². The molecule has 0 bridgehead atoms. The Labute approximate surface area is 143 Å². The monoisotopic (exact) mass is 336 g/mol. The molecule has 2 aromatic carbocycles. The van der Waals surface area contributed by atoms with Gasteiger partial charge in [-0.3, -0.25) is 0 Å². The van der Waals surface area contributed by atoms with Crippen LogP contribution in [0, 0.1) is 5.82 Å². The second-order valence-electron chi connectivity index (χ2n) is 5.73. The predicted octanol–water partition coefficient (Wildman–Crippen LogP) is 3.65. The van der Waals surface area contributed by atoms with Crippen molar-refractivity contribution >= 4 is 22.7 Å². The van der Waals surface area contributed by atoms with Crippen molar-refractivity contribution in [2.75, 3.05) is 10.6 Å². The normalized spacial score (nSPS) is 10.9. The molecule has 4 aromatic rings. The molecule has 2 aromatic heterocycles. The molecule has 25 heavy (non-hydrogen) atoms. The van der Waals surface area contributed by atoms with Gasteiger partial charge in [0, 0.05) is 18.4 Å². The minimum Gasteiger partial charge on any atom is -0.379 e. The fraction of sp³-hybridized carbons (Fsp3) is 0.111. The molecule has 7 heteroatoms. The highest BCUT2D eigenvalue weighted by Crippen LogP contribution is 2.20. The Morgan fingerprint density at radius 3 is 2.68 bits per heavy atom. The van der Waals surface area contributed by atoms with Gasteiger partial charge in [-0.25, -0.2) is 14.4 Å². The molecule has 0 amide bonds. The lowest BCUT2D eigenvalue weighted by Gasteiger charge is -2.04. The number of imidazole rings is 2. The van der Waals surface area contributed by atoms with Crippen molar-refractivity contribution < 1.29 is 4.39 Å². The number of halogens is 1. The maximum absolute atomic E-state index is 12.9. The van der Waals surface area contributed by atoms with Gasteiger partial charge in [0.15, 0.2) is 0 Å². The van der Waals surface area contributed by atoms with E-state index in [1.54, 1.807) is 24.7 Å². The smallest absolute Gasteiger partial charge is 0.201 e. The third-order valence-electron chi connectivity index (χ3n) is 3.89. The summed E-state index contributed by atoms with van der Waals surface area (Å²) in [4.78, 5) is 14.8. The summed E-state index contributed by atoms with van der Waals surface area (Å²) in [6, 6.07) is 12.4. The van der Waals surface area contributed by atoms with Crippen LogP contribution in [-0.2, 0) is 13.1 Å². The zero-order valence-electron chi connectivity index (χ0n) is 13.4. The van der Waals surface area contributed by atoms with Crippen LogP contribution in [0.15, 0.2) is 55.0 Å². The van der Waals surface area contributed by atoms with E-state index >= 15 is 0 Å². The van der Waals surface area contributed by atoms with Crippen molar-refractivity contribution in [2.45, 2.75) is 13.1 Å². The van der Waals surface area contributed by atoms with E-state index in [-0.39, 0.29) is 5.82 Å². The van der Waals surface area contributed by atoms with Gasteiger partial charge in [0.05, 0.1) is 29.6 Å². The van der Waals surface area contributed by atoms with Gasteiger partial charge in [-0.05, 0) is 35.9 Å². The third-order valence-corrected chi connectivity index (χ3v) is 3.89. The molecule has 0 aliphatic rings. The fourth-order valence-corrected chi connectivity index (χ4v) is 2.57. The lowest BCUT2D eigenvalue weighted by molar-refractivity contribution is 0.627. The van der Waals surface area contributed by atoms with Gasteiger partial charge in [0.25, 0.3) is 0 Å². The summed E-state index contributed by atoms with van der Waals surface area (Å²) >= 11 is 0. The van der Waals surface area contributed by atoms with E-state index in [0.717, 1.165) is 28.0 Å². The molecule has 2 heterocycles. The van der Waals surface area contributed by atoms with E-state index < -0.39 is 0 Å². The van der Waals surface area contributed by atoms with E-state index in [2.05, 4.69) is 30.6 Å². The zero-order chi connectivity index (χ0) is 17.1. The molecule has 0 radical (unpaired) electrons. The lowest BCUT2D eigenvalue weighted by Crippen LogP contribution is -2.00. The first kappa shape index (κ1) is 15.2. The SMILES string of the molecule is Fc1ccc(CNc2nc3ccc(NCc4cnc[nH]4)cc3[nH]2)cc1. The van der Waals surface area contributed by atoms with Gasteiger partial charge in [0.2, 0.25) is 5.95 Å². The molecule has 0 aliphatic heterocycles. The number of hydrogen-bond donors (Lipinski definition) is 4. The topological polar surface area (TPSA) is 81.4 Å². The van der Waals surface area contributed by atoms with Crippen LogP contribution in [-0.4, -0.2) is 19.9 Å². The van der Waals surface area contributed by atoms with Gasteiger partial charge in [-0.15, -0.1) is 0 Å². The molecule has 126 valence electrons. The molecule has 0 spiro atoms. The van der Waals surface area contributed by atoms with Crippen LogP contribution in [0.1, 0.15) is 11.3 Å². The largest absolute Gasteiger partial charge is 0.379 e. The molecule has 0 saturated heterocycles. The Balaban J connectivity index is 1.43. The van der Waals surface area contributed by atoms with E-state index in [9.17, 15) is 4.39 Å². The number of anilines is 2. The average molecular weight is 336 g/mol. The highest BCUT2D eigenvalue weighted by molar-refractivity contribution is 5.81. The van der Waals surface area contributed by atoms with Crippen LogP contribution < -0.4 is 10.6 Å². The summed E-state index contributed by atoms with van der Waals surface area (Å²) < 4.78 is 12.9. The summed E-state index contributed by atoms with van der Waals surface area (Å²) in [5.41, 5.74) is 4.83.